The molecule has 0 aliphatic heterocycles. The first-order valence-corrected chi connectivity index (χ1v) is 7.10. The zero-order valence-electron chi connectivity index (χ0n) is 14.6. The van der Waals surface area contributed by atoms with Gasteiger partial charge in [-0.2, -0.15) is 0 Å². The Kier molecular flexibility index (Phi) is 28.6. The molecule has 144 valence electrons. The van der Waals surface area contributed by atoms with Crippen LogP contribution in [-0.4, -0.2) is 50.3 Å². The fourth-order valence-corrected chi connectivity index (χ4v) is 1.27. The molecular weight excluding hydrogens is 324 g/mol. The van der Waals surface area contributed by atoms with Crippen molar-refractivity contribution in [1.29, 1.82) is 0 Å². The number of nitrogens with one attached hydrogen (secondary N) is 1. The maximum absolute atomic E-state index is 9.00. The van der Waals surface area contributed by atoms with Crippen LogP contribution in [0.1, 0.15) is 59.8 Å². The monoisotopic (exact) mass is 354 g/mol. The van der Waals surface area contributed by atoms with Crippen LogP contribution in [0.2, 0.25) is 0 Å². The van der Waals surface area contributed by atoms with Gasteiger partial charge in [-0.1, -0.05) is 19.3 Å². The van der Waals surface area contributed by atoms with Crippen LogP contribution in [0.3, 0.4) is 0 Å². The average Bonchev–Trinajstić information content (AvgIpc) is 2.37. The number of aliphatic carboxylic acids is 4. The van der Waals surface area contributed by atoms with Crippen molar-refractivity contribution in [2.75, 3.05) is 0 Å². The standard InChI is InChI=1S/C6H14N2.4C2H4O2/c7-8-6-4-2-1-3-5-6;4*1-2(3)4/h6,8H,1-5,7H2;4*1H3,(H,3,4). The Morgan fingerprint density at radius 2 is 0.917 bits per heavy atom. The second kappa shape index (κ2) is 23.1. The highest BCUT2D eigenvalue weighted by atomic mass is 16.4. The van der Waals surface area contributed by atoms with Crippen molar-refractivity contribution in [3.8, 4) is 0 Å². The Bertz CT molecular complexity index is 278. The number of carbonyl (C=O) groups is 4. The minimum Gasteiger partial charge on any atom is -0.481 e. The van der Waals surface area contributed by atoms with Gasteiger partial charge < -0.3 is 20.4 Å². The molecule has 0 aromatic rings. The van der Waals surface area contributed by atoms with E-state index in [0.717, 1.165) is 27.7 Å². The summed E-state index contributed by atoms with van der Waals surface area (Å²) < 4.78 is 0. The molecule has 0 radical (unpaired) electrons. The summed E-state index contributed by atoms with van der Waals surface area (Å²) in [5.41, 5.74) is 2.80. The van der Waals surface area contributed by atoms with E-state index < -0.39 is 23.9 Å². The fraction of sp³-hybridized carbons (Fsp3) is 0.714. The summed E-state index contributed by atoms with van der Waals surface area (Å²) in [6, 6.07) is 0.615. The highest BCUT2D eigenvalue weighted by Gasteiger charge is 2.09. The van der Waals surface area contributed by atoms with Crippen molar-refractivity contribution in [3.05, 3.63) is 0 Å². The van der Waals surface area contributed by atoms with Crippen LogP contribution in [0.15, 0.2) is 0 Å². The topological polar surface area (TPSA) is 187 Å². The number of nitrogens with two attached hydrogens (primary N) is 1. The van der Waals surface area contributed by atoms with Gasteiger partial charge in [-0.25, -0.2) is 0 Å². The Labute approximate surface area is 141 Å². The van der Waals surface area contributed by atoms with Crippen LogP contribution in [0.5, 0.6) is 0 Å². The van der Waals surface area contributed by atoms with Crippen molar-refractivity contribution < 1.29 is 39.6 Å². The van der Waals surface area contributed by atoms with Crippen LogP contribution in [0.4, 0.5) is 0 Å². The van der Waals surface area contributed by atoms with E-state index in [0.29, 0.717) is 6.04 Å². The van der Waals surface area contributed by atoms with Crippen molar-refractivity contribution in [3.63, 3.8) is 0 Å². The summed E-state index contributed by atoms with van der Waals surface area (Å²) in [7, 11) is 0. The second-order valence-corrected chi connectivity index (χ2v) is 4.58. The number of hydrogen-bond acceptors (Lipinski definition) is 6. The molecule has 1 aliphatic rings. The van der Waals surface area contributed by atoms with E-state index in [1.54, 1.807) is 0 Å². The summed E-state index contributed by atoms with van der Waals surface area (Å²) in [6.45, 7) is 4.33. The van der Waals surface area contributed by atoms with Gasteiger partial charge in [0.15, 0.2) is 0 Å². The first-order chi connectivity index (χ1) is 10.9. The number of rotatable bonds is 1. The predicted octanol–water partition coefficient (Wildman–Crippen LogP) is 1.15. The number of carboxylic acids is 4. The van der Waals surface area contributed by atoms with E-state index in [1.807, 2.05) is 0 Å². The molecule has 1 fully saturated rings. The van der Waals surface area contributed by atoms with Crippen LogP contribution in [0.25, 0.3) is 0 Å². The molecule has 0 bridgehead atoms. The van der Waals surface area contributed by atoms with Gasteiger partial charge in [0.1, 0.15) is 0 Å². The van der Waals surface area contributed by atoms with E-state index >= 15 is 0 Å². The third-order valence-corrected chi connectivity index (χ3v) is 1.84. The van der Waals surface area contributed by atoms with Gasteiger partial charge in [0.2, 0.25) is 0 Å². The molecule has 1 aliphatic carbocycles. The van der Waals surface area contributed by atoms with Gasteiger partial charge in [0.25, 0.3) is 23.9 Å². The second-order valence-electron chi connectivity index (χ2n) is 4.58. The average molecular weight is 354 g/mol. The van der Waals surface area contributed by atoms with Crippen LogP contribution in [0, 0.1) is 0 Å². The largest absolute Gasteiger partial charge is 0.481 e. The Morgan fingerprint density at radius 1 is 0.708 bits per heavy atom. The van der Waals surface area contributed by atoms with Gasteiger partial charge in [0.05, 0.1) is 0 Å². The first-order valence-electron chi connectivity index (χ1n) is 7.10. The van der Waals surface area contributed by atoms with Crippen LogP contribution in [-0.2, 0) is 19.2 Å². The minimum absolute atomic E-state index is 0.615. The quantitative estimate of drug-likeness (QED) is 0.294. The molecule has 10 nitrogen and oxygen atoms in total. The number of carboxylic acid groups (broad SMARTS) is 4. The minimum atomic E-state index is -0.833. The first kappa shape index (κ1) is 29.8. The summed E-state index contributed by atoms with van der Waals surface area (Å²) in [4.78, 5) is 36.0. The molecule has 24 heavy (non-hydrogen) atoms. The van der Waals surface area contributed by atoms with Gasteiger partial charge in [-0.3, -0.25) is 30.4 Å². The van der Waals surface area contributed by atoms with Gasteiger partial charge >= 0.3 is 0 Å². The molecule has 0 spiro atoms. The fourth-order valence-electron chi connectivity index (χ4n) is 1.27. The van der Waals surface area contributed by atoms with E-state index in [2.05, 4.69) is 5.43 Å². The summed E-state index contributed by atoms with van der Waals surface area (Å²) in [6.07, 6.45) is 6.66. The van der Waals surface area contributed by atoms with E-state index in [-0.39, 0.29) is 0 Å². The van der Waals surface area contributed by atoms with Gasteiger partial charge in [-0.15, -0.1) is 0 Å². The van der Waals surface area contributed by atoms with Crippen molar-refractivity contribution in [2.24, 2.45) is 5.84 Å². The highest BCUT2D eigenvalue weighted by Crippen LogP contribution is 2.16. The van der Waals surface area contributed by atoms with Gasteiger partial charge in [0, 0.05) is 33.7 Å². The van der Waals surface area contributed by atoms with E-state index in [9.17, 15) is 0 Å². The highest BCUT2D eigenvalue weighted by molar-refractivity contribution is 5.63. The van der Waals surface area contributed by atoms with Crippen LogP contribution < -0.4 is 11.3 Å². The Morgan fingerprint density at radius 3 is 1.04 bits per heavy atom. The smallest absolute Gasteiger partial charge is 0.300 e. The molecule has 0 heterocycles. The van der Waals surface area contributed by atoms with Gasteiger partial charge in [-0.05, 0) is 12.8 Å². The lowest BCUT2D eigenvalue weighted by Crippen LogP contribution is -2.36. The third kappa shape index (κ3) is 115. The van der Waals surface area contributed by atoms with Crippen molar-refractivity contribution >= 4 is 23.9 Å². The molecule has 7 N–H and O–H groups in total. The normalized spacial score (nSPS) is 12.0. The Balaban J connectivity index is -0.000000110. The summed E-state index contributed by atoms with van der Waals surface area (Å²) in [5.74, 6) is 1.92. The maximum atomic E-state index is 9.00. The molecule has 1 saturated carbocycles. The van der Waals surface area contributed by atoms with Crippen LogP contribution >= 0.6 is 0 Å². The van der Waals surface area contributed by atoms with E-state index in [1.165, 1.54) is 32.1 Å². The lowest BCUT2D eigenvalue weighted by Gasteiger charge is -2.19. The number of hydrogen-bond donors (Lipinski definition) is 6. The lowest BCUT2D eigenvalue weighted by atomic mass is 9.96. The lowest BCUT2D eigenvalue weighted by molar-refractivity contribution is -0.135. The zero-order valence-corrected chi connectivity index (χ0v) is 14.6. The Hall–Kier alpha value is -2.20. The summed E-state index contributed by atoms with van der Waals surface area (Å²) >= 11 is 0. The van der Waals surface area contributed by atoms with Crippen molar-refractivity contribution in [1.82, 2.24) is 5.43 Å². The number of hydrazine groups is 1. The zero-order chi connectivity index (χ0) is 20.1. The molecule has 0 amide bonds. The predicted molar refractivity (Wildman–Crippen MR) is 87.4 cm³/mol. The molecule has 10 heteroatoms. The van der Waals surface area contributed by atoms with E-state index in [4.69, 9.17) is 45.4 Å². The SMILES string of the molecule is CC(=O)O.CC(=O)O.CC(=O)O.CC(=O)O.NNC1CCCCC1. The molecule has 1 rings (SSSR count). The molecule has 0 atom stereocenters. The molecule has 0 aromatic carbocycles. The molecule has 0 saturated heterocycles. The molecular formula is C14H30N2O8. The van der Waals surface area contributed by atoms with Crippen molar-refractivity contribution in [2.45, 2.75) is 65.8 Å². The maximum Gasteiger partial charge on any atom is 0.300 e. The summed E-state index contributed by atoms with van der Waals surface area (Å²) in [5, 5.41) is 29.7. The third-order valence-electron chi connectivity index (χ3n) is 1.84. The molecule has 0 unspecified atom stereocenters. The molecule has 0 aromatic heterocycles.